The first-order valence-electron chi connectivity index (χ1n) is 21.4. The molecule has 0 aliphatic heterocycles. The number of aromatic nitrogens is 10. The molecule has 16 heteroatoms. The summed E-state index contributed by atoms with van der Waals surface area (Å²) in [6.45, 7) is 10.1. The molecule has 66 heavy (non-hydrogen) atoms. The highest BCUT2D eigenvalue weighted by Gasteiger charge is 2.21. The average molecular weight is 906 g/mol. The minimum absolute atomic E-state index is 0.254. The molecule has 0 atom stereocenters. The van der Waals surface area contributed by atoms with Gasteiger partial charge in [-0.05, 0) is 73.4 Å². The molecule has 4 aromatic heterocycles. The van der Waals surface area contributed by atoms with Crippen LogP contribution in [0.5, 0.6) is 5.75 Å². The number of aldehydes is 1. The molecule has 0 radical (unpaired) electrons. The third kappa shape index (κ3) is 15.0. The highest BCUT2D eigenvalue weighted by molar-refractivity contribution is 6.68. The number of aromatic amines is 1. The molecule has 338 valence electrons. The normalized spacial score (nSPS) is 10.3. The molecule has 4 heterocycles. The number of H-pyrrole nitrogens is 1. The highest BCUT2D eigenvalue weighted by Crippen LogP contribution is 2.22. The number of nitrogens with one attached hydrogen (secondary N) is 1. The molecule has 0 aliphatic carbocycles. The molecule has 8 aromatic rings. The standard InChI is InChI=1S/C22H19N5O2.C14H13N5.C8H5ClO2.C6H15N/c1-29-19-10-6-5-9-18(19)22(28)27-20(12-11-16-7-3-2-4-8-16)25-21(26-27)17-13-23-15-24-14-17;1-2-4-11(5-3-1)6-7-13-17-14(19-18-13)12-8-15-10-16-9-12;9-8(11)7-4-2-1-3-6(7)5-10;1-4-7(5-2)6-3/h2-10,13-15H,11-12H2,1H3;1-5,8-10H,6-7H2,(H,17,18,19);1-5H;4-6H2,1-3H3. The zero-order chi connectivity index (χ0) is 46.9. The van der Waals surface area contributed by atoms with Crippen molar-refractivity contribution in [3.05, 3.63) is 186 Å². The molecule has 0 fully saturated rings. The lowest BCUT2D eigenvalue weighted by Gasteiger charge is -2.13. The molecule has 0 aliphatic rings. The third-order valence-electron chi connectivity index (χ3n) is 9.99. The second-order valence-electron chi connectivity index (χ2n) is 14.2. The molecule has 1 N–H and O–H groups in total. The van der Waals surface area contributed by atoms with Crippen molar-refractivity contribution in [1.82, 2.24) is 54.8 Å². The van der Waals surface area contributed by atoms with Crippen molar-refractivity contribution in [2.75, 3.05) is 26.7 Å². The van der Waals surface area contributed by atoms with Gasteiger partial charge in [-0.25, -0.2) is 29.9 Å². The number of nitrogens with zero attached hydrogens (tertiary/aromatic N) is 10. The number of halogens is 1. The lowest BCUT2D eigenvalue weighted by Crippen LogP contribution is -2.21. The maximum Gasteiger partial charge on any atom is 0.283 e. The van der Waals surface area contributed by atoms with Crippen LogP contribution < -0.4 is 4.74 Å². The predicted molar refractivity (Wildman–Crippen MR) is 254 cm³/mol. The molecule has 0 unspecified atom stereocenters. The average Bonchev–Trinajstić information content (AvgIpc) is 4.05. The van der Waals surface area contributed by atoms with E-state index >= 15 is 0 Å². The maximum atomic E-state index is 13.3. The Balaban J connectivity index is 0.000000188. The van der Waals surface area contributed by atoms with E-state index in [1.807, 2.05) is 42.5 Å². The van der Waals surface area contributed by atoms with Gasteiger partial charge in [0, 0.05) is 48.8 Å². The van der Waals surface area contributed by atoms with Crippen molar-refractivity contribution in [2.45, 2.75) is 46.5 Å². The summed E-state index contributed by atoms with van der Waals surface area (Å²) in [7, 11) is 1.54. The highest BCUT2D eigenvalue weighted by atomic mass is 35.5. The number of para-hydroxylation sites is 1. The van der Waals surface area contributed by atoms with Crippen LogP contribution in [0.15, 0.2) is 147 Å². The Morgan fingerprint density at radius 2 is 1.17 bits per heavy atom. The van der Waals surface area contributed by atoms with Gasteiger partial charge in [-0.1, -0.05) is 112 Å². The third-order valence-corrected chi connectivity index (χ3v) is 10.2. The van der Waals surface area contributed by atoms with Crippen LogP contribution in [0, 0.1) is 0 Å². The van der Waals surface area contributed by atoms with Crippen LogP contribution in [0.2, 0.25) is 0 Å². The minimum Gasteiger partial charge on any atom is -0.496 e. The van der Waals surface area contributed by atoms with E-state index in [-0.39, 0.29) is 11.5 Å². The summed E-state index contributed by atoms with van der Waals surface area (Å²) < 4.78 is 6.70. The van der Waals surface area contributed by atoms with Crippen molar-refractivity contribution in [3.8, 4) is 28.5 Å². The Morgan fingerprint density at radius 1 is 0.652 bits per heavy atom. The second kappa shape index (κ2) is 26.9. The molecule has 8 rings (SSSR count). The van der Waals surface area contributed by atoms with Crippen LogP contribution in [0.3, 0.4) is 0 Å². The van der Waals surface area contributed by atoms with Gasteiger partial charge in [-0.3, -0.25) is 19.5 Å². The van der Waals surface area contributed by atoms with Crippen molar-refractivity contribution in [2.24, 2.45) is 0 Å². The van der Waals surface area contributed by atoms with Crippen LogP contribution in [-0.2, 0) is 25.7 Å². The first-order valence-corrected chi connectivity index (χ1v) is 21.8. The summed E-state index contributed by atoms with van der Waals surface area (Å²) in [4.78, 5) is 61.6. The summed E-state index contributed by atoms with van der Waals surface area (Å²) >= 11 is 5.19. The quantitative estimate of drug-likeness (QED) is 0.0763. The molecular formula is C50H52ClN11O4. The second-order valence-corrected chi connectivity index (χ2v) is 14.5. The van der Waals surface area contributed by atoms with E-state index in [9.17, 15) is 14.4 Å². The summed E-state index contributed by atoms with van der Waals surface area (Å²) in [5, 5.41) is 11.0. The molecule has 0 bridgehead atoms. The van der Waals surface area contributed by atoms with Crippen molar-refractivity contribution in [1.29, 1.82) is 0 Å². The fourth-order valence-corrected chi connectivity index (χ4v) is 6.52. The van der Waals surface area contributed by atoms with Crippen LogP contribution >= 0.6 is 11.6 Å². The van der Waals surface area contributed by atoms with Gasteiger partial charge in [-0.15, -0.1) is 5.10 Å². The van der Waals surface area contributed by atoms with Gasteiger partial charge in [0.1, 0.15) is 30.1 Å². The number of benzene rings is 4. The van der Waals surface area contributed by atoms with E-state index in [1.54, 1.807) is 61.2 Å². The molecular weight excluding hydrogens is 854 g/mol. The number of aryl methyl sites for hydroxylation is 4. The Morgan fingerprint density at radius 3 is 1.68 bits per heavy atom. The summed E-state index contributed by atoms with van der Waals surface area (Å²) in [5.41, 5.74) is 4.94. The molecule has 0 saturated carbocycles. The predicted octanol–water partition coefficient (Wildman–Crippen LogP) is 8.49. The van der Waals surface area contributed by atoms with E-state index in [2.05, 4.69) is 95.1 Å². The zero-order valence-corrected chi connectivity index (χ0v) is 38.1. The number of methoxy groups -OCH3 is 1. The van der Waals surface area contributed by atoms with Crippen molar-refractivity contribution in [3.63, 3.8) is 0 Å². The number of carbonyl (C=O) groups is 3. The van der Waals surface area contributed by atoms with Crippen LogP contribution in [0.1, 0.15) is 74.6 Å². The fraction of sp³-hybridized carbons (Fsp3) is 0.220. The first kappa shape index (κ1) is 49.4. The Labute approximate surface area is 389 Å². The zero-order valence-electron chi connectivity index (χ0n) is 37.4. The largest absolute Gasteiger partial charge is 0.496 e. The topological polar surface area (TPSA) is 188 Å². The fourth-order valence-electron chi connectivity index (χ4n) is 6.35. The van der Waals surface area contributed by atoms with E-state index in [0.717, 1.165) is 36.2 Å². The monoisotopic (exact) mass is 905 g/mol. The summed E-state index contributed by atoms with van der Waals surface area (Å²) in [6.07, 6.45) is 13.3. The number of carbonyl (C=O) groups excluding carboxylic acids is 3. The van der Waals surface area contributed by atoms with Gasteiger partial charge in [0.15, 0.2) is 17.9 Å². The molecule has 0 spiro atoms. The number of hydrogen-bond donors (Lipinski definition) is 1. The summed E-state index contributed by atoms with van der Waals surface area (Å²) in [5.74, 6) is 2.71. The smallest absolute Gasteiger partial charge is 0.283 e. The molecule has 4 aromatic carbocycles. The van der Waals surface area contributed by atoms with Gasteiger partial charge in [0.25, 0.3) is 11.1 Å². The molecule has 15 nitrogen and oxygen atoms in total. The van der Waals surface area contributed by atoms with Crippen LogP contribution in [-0.4, -0.2) is 99.0 Å². The maximum absolute atomic E-state index is 13.3. The SMILES string of the molecule is CCN(CC)CC.COc1ccccc1C(=O)n1nc(-c2cncnc2)nc1CCc1ccccc1.O=Cc1ccccc1C(=O)Cl.c1ccc(CCc2nc(-c3cncnc3)n[nH]2)cc1. The lowest BCUT2D eigenvalue weighted by atomic mass is 10.1. The minimum atomic E-state index is -0.604. The van der Waals surface area contributed by atoms with Crippen molar-refractivity contribution < 1.29 is 19.1 Å². The number of hydrogen-bond acceptors (Lipinski definition) is 13. The van der Waals surface area contributed by atoms with Crippen molar-refractivity contribution >= 4 is 29.0 Å². The van der Waals surface area contributed by atoms with E-state index in [1.165, 1.54) is 55.7 Å². The van der Waals surface area contributed by atoms with Gasteiger partial charge >= 0.3 is 0 Å². The van der Waals surface area contributed by atoms with Gasteiger partial charge in [0.2, 0.25) is 0 Å². The number of rotatable bonds is 15. The van der Waals surface area contributed by atoms with E-state index < -0.39 is 5.24 Å². The van der Waals surface area contributed by atoms with Gasteiger partial charge in [0.05, 0.1) is 23.8 Å². The lowest BCUT2D eigenvalue weighted by molar-refractivity contribution is 0.0937. The Kier molecular flexibility index (Phi) is 20.1. The first-order chi connectivity index (χ1) is 32.3. The molecule has 0 amide bonds. The van der Waals surface area contributed by atoms with E-state index in [0.29, 0.717) is 52.6 Å². The van der Waals surface area contributed by atoms with Crippen LogP contribution in [0.4, 0.5) is 0 Å². The Hall–Kier alpha value is -7.62. The Bertz CT molecular complexity index is 2670. The van der Waals surface area contributed by atoms with Crippen LogP contribution in [0.25, 0.3) is 22.8 Å². The van der Waals surface area contributed by atoms with Gasteiger partial charge in [-0.2, -0.15) is 9.78 Å². The number of ether oxygens (including phenoxy) is 1. The molecule has 0 saturated heterocycles. The van der Waals surface area contributed by atoms with Gasteiger partial charge < -0.3 is 9.64 Å². The summed E-state index contributed by atoms with van der Waals surface area (Å²) in [6, 6.07) is 33.9. The van der Waals surface area contributed by atoms with E-state index in [4.69, 9.17) is 16.3 Å².